The van der Waals surface area contributed by atoms with Crippen LogP contribution in [0.4, 0.5) is 15.8 Å². The van der Waals surface area contributed by atoms with Gasteiger partial charge in [0.05, 0.1) is 17.1 Å². The number of rotatable bonds is 2. The van der Waals surface area contributed by atoms with Gasteiger partial charge in [-0.1, -0.05) is 0 Å². The Morgan fingerprint density at radius 1 is 1.32 bits per heavy atom. The highest BCUT2D eigenvalue weighted by Gasteiger charge is 2.42. The quantitative estimate of drug-likeness (QED) is 0.656. The van der Waals surface area contributed by atoms with Crippen molar-refractivity contribution in [2.45, 2.75) is 18.9 Å². The number of nitrogens with zero attached hydrogens (tertiary/aromatic N) is 2. The second-order valence-electron chi connectivity index (χ2n) is 5.40. The fourth-order valence-corrected chi connectivity index (χ4v) is 3.29. The number of hydrogen-bond donors (Lipinski definition) is 1. The second kappa shape index (κ2) is 4.45. The Morgan fingerprint density at radius 3 is 2.79 bits per heavy atom. The summed E-state index contributed by atoms with van der Waals surface area (Å²) in [5.41, 5.74) is 0.306. The van der Waals surface area contributed by atoms with Gasteiger partial charge in [-0.25, -0.2) is 4.39 Å². The third-order valence-corrected chi connectivity index (χ3v) is 4.26. The minimum Gasteiger partial charge on any atom is -0.393 e. The molecule has 1 saturated carbocycles. The molecule has 0 amide bonds. The van der Waals surface area contributed by atoms with E-state index in [1.807, 2.05) is 4.90 Å². The highest BCUT2D eigenvalue weighted by atomic mass is 19.1. The van der Waals surface area contributed by atoms with Gasteiger partial charge in [0.2, 0.25) is 0 Å². The molecule has 0 aromatic heterocycles. The van der Waals surface area contributed by atoms with Crippen LogP contribution in [0.5, 0.6) is 0 Å². The zero-order valence-electron chi connectivity index (χ0n) is 10.3. The molecular formula is C13H15FN2O3. The first kappa shape index (κ1) is 12.3. The molecule has 0 spiro atoms. The summed E-state index contributed by atoms with van der Waals surface area (Å²) < 4.78 is 13.4. The lowest BCUT2D eigenvalue weighted by Crippen LogP contribution is -2.24. The maximum Gasteiger partial charge on any atom is 0.274 e. The van der Waals surface area contributed by atoms with E-state index in [0.717, 1.165) is 25.5 Å². The molecule has 2 fully saturated rings. The summed E-state index contributed by atoms with van der Waals surface area (Å²) >= 11 is 0. The standard InChI is InChI=1S/C13H15FN2O3/c14-9-3-10(5-11(4-9)16(18)19)15-6-8-1-2-13(17)12(8)7-15/h3-5,8,12-13,17H,1-2,6-7H2. The van der Waals surface area contributed by atoms with Gasteiger partial charge in [0.1, 0.15) is 5.82 Å². The van der Waals surface area contributed by atoms with Crippen LogP contribution in [0.2, 0.25) is 0 Å². The van der Waals surface area contributed by atoms with E-state index in [2.05, 4.69) is 0 Å². The topological polar surface area (TPSA) is 66.6 Å². The molecule has 0 radical (unpaired) electrons. The van der Waals surface area contributed by atoms with Crippen LogP contribution in [-0.2, 0) is 0 Å². The average Bonchev–Trinajstić information content (AvgIpc) is 2.91. The smallest absolute Gasteiger partial charge is 0.274 e. The fraction of sp³-hybridized carbons (Fsp3) is 0.538. The van der Waals surface area contributed by atoms with E-state index in [9.17, 15) is 19.6 Å². The monoisotopic (exact) mass is 266 g/mol. The molecule has 1 aromatic rings. The number of benzene rings is 1. The molecule has 102 valence electrons. The predicted molar refractivity (Wildman–Crippen MR) is 67.5 cm³/mol. The normalized spacial score (nSPS) is 29.6. The summed E-state index contributed by atoms with van der Waals surface area (Å²) in [4.78, 5) is 12.1. The van der Waals surface area contributed by atoms with Gasteiger partial charge in [0, 0.05) is 30.8 Å². The van der Waals surface area contributed by atoms with E-state index in [1.165, 1.54) is 12.1 Å². The van der Waals surface area contributed by atoms with E-state index in [0.29, 0.717) is 18.2 Å². The Balaban J connectivity index is 1.86. The Morgan fingerprint density at radius 2 is 2.11 bits per heavy atom. The number of halogens is 1. The predicted octanol–water partition coefficient (Wildman–Crippen LogP) is 1.94. The van der Waals surface area contributed by atoms with E-state index in [4.69, 9.17) is 0 Å². The van der Waals surface area contributed by atoms with E-state index in [1.54, 1.807) is 0 Å². The van der Waals surface area contributed by atoms with Gasteiger partial charge in [-0.2, -0.15) is 0 Å². The third kappa shape index (κ3) is 2.16. The molecule has 1 aromatic carbocycles. The lowest BCUT2D eigenvalue weighted by atomic mass is 10.00. The molecule has 3 unspecified atom stereocenters. The van der Waals surface area contributed by atoms with Crippen molar-refractivity contribution in [2.24, 2.45) is 11.8 Å². The van der Waals surface area contributed by atoms with Gasteiger partial charge in [-0.15, -0.1) is 0 Å². The molecule has 2 aliphatic rings. The second-order valence-corrected chi connectivity index (χ2v) is 5.40. The lowest BCUT2D eigenvalue weighted by molar-refractivity contribution is -0.385. The van der Waals surface area contributed by atoms with Gasteiger partial charge in [0.25, 0.3) is 5.69 Å². The summed E-state index contributed by atoms with van der Waals surface area (Å²) in [6, 6.07) is 3.65. The van der Waals surface area contributed by atoms with Crippen LogP contribution < -0.4 is 4.90 Å². The van der Waals surface area contributed by atoms with E-state index >= 15 is 0 Å². The summed E-state index contributed by atoms with van der Waals surface area (Å²) in [6.45, 7) is 1.38. The van der Waals surface area contributed by atoms with Crippen LogP contribution in [0, 0.1) is 27.8 Å². The van der Waals surface area contributed by atoms with Crippen LogP contribution >= 0.6 is 0 Å². The number of nitro benzene ring substituents is 1. The minimum absolute atomic E-state index is 0.210. The fourth-order valence-electron chi connectivity index (χ4n) is 3.29. The molecule has 1 saturated heterocycles. The average molecular weight is 266 g/mol. The van der Waals surface area contributed by atoms with Gasteiger partial charge in [-0.05, 0) is 24.8 Å². The first-order valence-electron chi connectivity index (χ1n) is 6.42. The Bertz CT molecular complexity index is 523. The van der Waals surface area contributed by atoms with Gasteiger partial charge >= 0.3 is 0 Å². The van der Waals surface area contributed by atoms with Crippen molar-refractivity contribution in [1.82, 2.24) is 0 Å². The molecule has 19 heavy (non-hydrogen) atoms. The summed E-state index contributed by atoms with van der Waals surface area (Å²) in [7, 11) is 0. The Kier molecular flexibility index (Phi) is 2.89. The number of aliphatic hydroxyl groups excluding tert-OH is 1. The molecule has 1 heterocycles. The molecule has 3 atom stereocenters. The molecular weight excluding hydrogens is 251 g/mol. The van der Waals surface area contributed by atoms with Gasteiger partial charge in [0.15, 0.2) is 0 Å². The minimum atomic E-state index is -0.596. The van der Waals surface area contributed by atoms with Crippen molar-refractivity contribution in [2.75, 3.05) is 18.0 Å². The van der Waals surface area contributed by atoms with Crippen molar-refractivity contribution in [1.29, 1.82) is 0 Å². The van der Waals surface area contributed by atoms with Crippen molar-refractivity contribution >= 4 is 11.4 Å². The third-order valence-electron chi connectivity index (χ3n) is 4.26. The highest BCUT2D eigenvalue weighted by Crippen LogP contribution is 2.40. The highest BCUT2D eigenvalue weighted by molar-refractivity contribution is 5.54. The number of nitro groups is 1. The number of hydrogen-bond acceptors (Lipinski definition) is 4. The maximum atomic E-state index is 13.4. The van der Waals surface area contributed by atoms with Crippen molar-refractivity contribution < 1.29 is 14.4 Å². The van der Waals surface area contributed by atoms with Crippen LogP contribution in [0.25, 0.3) is 0 Å². The summed E-state index contributed by atoms with van der Waals surface area (Å²) in [5.74, 6) is 0.0291. The molecule has 1 aliphatic heterocycles. The first-order valence-corrected chi connectivity index (χ1v) is 6.42. The molecule has 3 rings (SSSR count). The molecule has 1 N–H and O–H groups in total. The number of fused-ring (bicyclic) bond motifs is 1. The number of aliphatic hydroxyl groups is 1. The maximum absolute atomic E-state index is 13.4. The van der Waals surface area contributed by atoms with Crippen LogP contribution in [0.3, 0.4) is 0 Å². The zero-order chi connectivity index (χ0) is 13.6. The van der Waals surface area contributed by atoms with Gasteiger partial charge in [-0.3, -0.25) is 10.1 Å². The molecule has 5 nitrogen and oxygen atoms in total. The Hall–Kier alpha value is -1.69. The van der Waals surface area contributed by atoms with Crippen molar-refractivity contribution in [3.8, 4) is 0 Å². The zero-order valence-corrected chi connectivity index (χ0v) is 10.3. The first-order chi connectivity index (χ1) is 9.04. The largest absolute Gasteiger partial charge is 0.393 e. The number of non-ortho nitro benzene ring substituents is 1. The summed E-state index contributed by atoms with van der Waals surface area (Å²) in [6.07, 6.45) is 1.50. The van der Waals surface area contributed by atoms with Crippen molar-refractivity contribution in [3.63, 3.8) is 0 Å². The van der Waals surface area contributed by atoms with Crippen LogP contribution in [0.1, 0.15) is 12.8 Å². The molecule has 0 bridgehead atoms. The lowest BCUT2D eigenvalue weighted by Gasteiger charge is -2.20. The molecule has 6 heteroatoms. The van der Waals surface area contributed by atoms with E-state index < -0.39 is 10.7 Å². The Labute approximate surface area is 109 Å². The number of anilines is 1. The van der Waals surface area contributed by atoms with Crippen LogP contribution in [0.15, 0.2) is 18.2 Å². The van der Waals surface area contributed by atoms with Crippen LogP contribution in [-0.4, -0.2) is 29.2 Å². The SMILES string of the molecule is O=[N+]([O-])c1cc(F)cc(N2CC3CCC(O)C3C2)c1. The molecule has 1 aliphatic carbocycles. The summed E-state index contributed by atoms with van der Waals surface area (Å²) in [5, 5.41) is 20.6. The van der Waals surface area contributed by atoms with E-state index in [-0.39, 0.29) is 17.7 Å². The van der Waals surface area contributed by atoms with Gasteiger partial charge < -0.3 is 10.0 Å². The van der Waals surface area contributed by atoms with Crippen molar-refractivity contribution in [3.05, 3.63) is 34.1 Å².